The van der Waals surface area contributed by atoms with E-state index in [9.17, 15) is 24.0 Å². The summed E-state index contributed by atoms with van der Waals surface area (Å²) in [5.41, 5.74) is 0.780. The van der Waals surface area contributed by atoms with Gasteiger partial charge in [0, 0.05) is 16.7 Å². The molecule has 0 aliphatic rings. The van der Waals surface area contributed by atoms with Crippen molar-refractivity contribution in [1.29, 1.82) is 0 Å². The molecule has 0 spiro atoms. The lowest BCUT2D eigenvalue weighted by atomic mass is 10.0. The predicted molar refractivity (Wildman–Crippen MR) is 111 cm³/mol. The fourth-order valence-corrected chi connectivity index (χ4v) is 2.65. The Hall–Kier alpha value is -4.39. The van der Waals surface area contributed by atoms with Crippen LogP contribution in [0.2, 0.25) is 0 Å². The van der Waals surface area contributed by atoms with Crippen molar-refractivity contribution in [3.8, 4) is 0 Å². The van der Waals surface area contributed by atoms with Crippen LogP contribution < -0.4 is 5.32 Å². The van der Waals surface area contributed by atoms with Gasteiger partial charge < -0.3 is 4.74 Å². The van der Waals surface area contributed by atoms with Gasteiger partial charge in [-0.1, -0.05) is 60.7 Å². The molecule has 0 saturated carbocycles. The molecule has 0 aliphatic carbocycles. The Morgan fingerprint density at radius 1 is 0.581 bits per heavy atom. The fraction of sp³-hybridized carbons (Fsp3) is 0.0417. The smallest absolute Gasteiger partial charge is 0.338 e. The third kappa shape index (κ3) is 5.57. The minimum Gasteiger partial charge on any atom is -0.452 e. The minimum atomic E-state index is -0.810. The third-order valence-electron chi connectivity index (χ3n) is 4.25. The maximum absolute atomic E-state index is 12.3. The van der Waals surface area contributed by atoms with Gasteiger partial charge in [0.1, 0.15) is 0 Å². The molecule has 3 aromatic rings. The number of rotatable bonds is 7. The van der Waals surface area contributed by atoms with Crippen molar-refractivity contribution in [1.82, 2.24) is 5.32 Å². The van der Waals surface area contributed by atoms with E-state index < -0.39 is 36.0 Å². The normalized spacial score (nSPS) is 10.1. The molecule has 0 aliphatic heterocycles. The second kappa shape index (κ2) is 9.89. The van der Waals surface area contributed by atoms with Crippen LogP contribution in [0.25, 0.3) is 0 Å². The topological polar surface area (TPSA) is 107 Å². The first-order valence-corrected chi connectivity index (χ1v) is 9.26. The first-order chi connectivity index (χ1) is 15.0. The average Bonchev–Trinajstić information content (AvgIpc) is 2.82. The van der Waals surface area contributed by atoms with Crippen molar-refractivity contribution >= 4 is 29.4 Å². The van der Waals surface area contributed by atoms with E-state index in [1.807, 2.05) is 0 Å². The SMILES string of the molecule is O=C(COC(=O)c1ccc(C(=O)C(=O)c2ccccc2)cc1)NC(=O)c1ccccc1. The van der Waals surface area contributed by atoms with Crippen LogP contribution in [0, 0.1) is 0 Å². The molecule has 0 atom stereocenters. The maximum Gasteiger partial charge on any atom is 0.338 e. The number of ether oxygens (including phenoxy) is 1. The van der Waals surface area contributed by atoms with Crippen LogP contribution in [-0.2, 0) is 9.53 Å². The van der Waals surface area contributed by atoms with E-state index in [1.54, 1.807) is 60.7 Å². The number of benzene rings is 3. The molecular formula is C24H17NO6. The summed E-state index contributed by atoms with van der Waals surface area (Å²) in [6, 6.07) is 21.6. The summed E-state index contributed by atoms with van der Waals surface area (Å²) in [6.07, 6.45) is 0. The van der Waals surface area contributed by atoms with E-state index in [4.69, 9.17) is 4.74 Å². The zero-order chi connectivity index (χ0) is 22.2. The van der Waals surface area contributed by atoms with Crippen LogP contribution in [0.15, 0.2) is 84.9 Å². The quantitative estimate of drug-likeness (QED) is 0.361. The van der Waals surface area contributed by atoms with Crippen LogP contribution in [0.4, 0.5) is 0 Å². The van der Waals surface area contributed by atoms with Gasteiger partial charge in [0.15, 0.2) is 6.61 Å². The molecule has 31 heavy (non-hydrogen) atoms. The Kier molecular flexibility index (Phi) is 6.80. The average molecular weight is 415 g/mol. The summed E-state index contributed by atoms with van der Waals surface area (Å²) >= 11 is 0. The van der Waals surface area contributed by atoms with Crippen LogP contribution in [0.5, 0.6) is 0 Å². The van der Waals surface area contributed by atoms with Crippen molar-refractivity contribution in [3.63, 3.8) is 0 Å². The van der Waals surface area contributed by atoms with Crippen LogP contribution in [-0.4, -0.2) is 36.0 Å². The summed E-state index contributed by atoms with van der Waals surface area (Å²) in [4.78, 5) is 60.4. The van der Waals surface area contributed by atoms with E-state index in [-0.39, 0.29) is 16.7 Å². The van der Waals surface area contributed by atoms with E-state index in [0.717, 1.165) is 0 Å². The van der Waals surface area contributed by atoms with Crippen molar-refractivity contribution in [2.75, 3.05) is 6.61 Å². The molecule has 3 rings (SSSR count). The van der Waals surface area contributed by atoms with Crippen LogP contribution >= 0.6 is 0 Å². The minimum absolute atomic E-state index is 0.0888. The van der Waals surface area contributed by atoms with Crippen molar-refractivity contribution in [2.45, 2.75) is 0 Å². The highest BCUT2D eigenvalue weighted by Gasteiger charge is 2.19. The number of imide groups is 1. The molecule has 2 amide bonds. The molecule has 0 heterocycles. The zero-order valence-corrected chi connectivity index (χ0v) is 16.2. The molecule has 0 fully saturated rings. The largest absolute Gasteiger partial charge is 0.452 e. The number of nitrogens with one attached hydrogen (secondary N) is 1. The van der Waals surface area contributed by atoms with Crippen LogP contribution in [0.1, 0.15) is 41.4 Å². The molecule has 7 nitrogen and oxygen atoms in total. The molecule has 0 radical (unpaired) electrons. The fourth-order valence-electron chi connectivity index (χ4n) is 2.65. The van der Waals surface area contributed by atoms with Gasteiger partial charge in [-0.15, -0.1) is 0 Å². The summed E-state index contributed by atoms with van der Waals surface area (Å²) in [7, 11) is 0. The molecule has 3 aromatic carbocycles. The van der Waals surface area contributed by atoms with E-state index in [1.165, 1.54) is 24.3 Å². The Morgan fingerprint density at radius 3 is 1.58 bits per heavy atom. The summed E-state index contributed by atoms with van der Waals surface area (Å²) in [5.74, 6) is -3.55. The summed E-state index contributed by atoms with van der Waals surface area (Å²) < 4.78 is 4.89. The lowest BCUT2D eigenvalue weighted by molar-refractivity contribution is -0.123. The molecule has 0 bridgehead atoms. The van der Waals surface area contributed by atoms with Crippen molar-refractivity contribution in [3.05, 3.63) is 107 Å². The maximum atomic E-state index is 12.3. The van der Waals surface area contributed by atoms with Gasteiger partial charge in [-0.3, -0.25) is 24.5 Å². The number of carbonyl (C=O) groups is 5. The number of hydrogen-bond acceptors (Lipinski definition) is 6. The zero-order valence-electron chi connectivity index (χ0n) is 16.2. The van der Waals surface area contributed by atoms with E-state index in [0.29, 0.717) is 5.56 Å². The van der Waals surface area contributed by atoms with Gasteiger partial charge in [-0.25, -0.2) is 4.79 Å². The third-order valence-corrected chi connectivity index (χ3v) is 4.25. The molecule has 154 valence electrons. The molecule has 0 unspecified atom stereocenters. The second-order valence-corrected chi connectivity index (χ2v) is 6.42. The number of carbonyl (C=O) groups excluding carboxylic acids is 5. The summed E-state index contributed by atoms with van der Waals surface area (Å²) in [6.45, 7) is -0.648. The van der Waals surface area contributed by atoms with Gasteiger partial charge in [0.05, 0.1) is 5.56 Å². The monoisotopic (exact) mass is 415 g/mol. The van der Waals surface area contributed by atoms with Gasteiger partial charge in [0.25, 0.3) is 11.8 Å². The number of hydrogen-bond donors (Lipinski definition) is 1. The Bertz CT molecular complexity index is 1120. The van der Waals surface area contributed by atoms with Crippen LogP contribution in [0.3, 0.4) is 0 Å². The number of amides is 2. The van der Waals surface area contributed by atoms with Gasteiger partial charge in [-0.05, 0) is 24.3 Å². The highest BCUT2D eigenvalue weighted by molar-refractivity contribution is 6.49. The van der Waals surface area contributed by atoms with Crippen molar-refractivity contribution in [2.24, 2.45) is 0 Å². The van der Waals surface area contributed by atoms with E-state index in [2.05, 4.69) is 5.32 Å². The lowest BCUT2D eigenvalue weighted by Crippen LogP contribution is -2.34. The first-order valence-electron chi connectivity index (χ1n) is 9.26. The number of ketones is 2. The molecular weight excluding hydrogens is 398 g/mol. The molecule has 1 N–H and O–H groups in total. The Balaban J connectivity index is 1.54. The van der Waals surface area contributed by atoms with Gasteiger partial charge in [0.2, 0.25) is 11.6 Å². The predicted octanol–water partition coefficient (Wildman–Crippen LogP) is 2.87. The Labute approximate surface area is 177 Å². The van der Waals surface area contributed by atoms with Crippen molar-refractivity contribution < 1.29 is 28.7 Å². The summed E-state index contributed by atoms with van der Waals surface area (Å²) in [5, 5.41) is 2.12. The molecule has 7 heteroatoms. The lowest BCUT2D eigenvalue weighted by Gasteiger charge is -2.06. The second-order valence-electron chi connectivity index (χ2n) is 6.42. The molecule has 0 saturated heterocycles. The highest BCUT2D eigenvalue weighted by atomic mass is 16.5. The first kappa shape index (κ1) is 21.3. The highest BCUT2D eigenvalue weighted by Crippen LogP contribution is 2.11. The number of Topliss-reactive ketones (excluding diaryl/α,β-unsaturated/α-hetero) is 2. The Morgan fingerprint density at radius 2 is 1.03 bits per heavy atom. The molecule has 0 aromatic heterocycles. The number of esters is 1. The van der Waals surface area contributed by atoms with E-state index >= 15 is 0 Å². The van der Waals surface area contributed by atoms with Gasteiger partial charge >= 0.3 is 5.97 Å². The standard InChI is InChI=1S/C24H17NO6/c26-20(25-23(29)18-9-5-2-6-10-18)15-31-24(30)19-13-11-17(12-14-19)22(28)21(27)16-7-3-1-4-8-16/h1-14H,15H2,(H,25,26,29). The van der Waals surface area contributed by atoms with Gasteiger partial charge in [-0.2, -0.15) is 0 Å².